The molecule has 0 aliphatic rings. The van der Waals surface area contributed by atoms with Crippen LogP contribution in [0.5, 0.6) is 0 Å². The van der Waals surface area contributed by atoms with Crippen molar-refractivity contribution in [1.82, 2.24) is 20.2 Å². The van der Waals surface area contributed by atoms with Crippen LogP contribution in [0.4, 0.5) is 0 Å². The molecule has 0 bridgehead atoms. The van der Waals surface area contributed by atoms with Crippen molar-refractivity contribution in [1.29, 1.82) is 0 Å². The number of rotatable bonds is 3. The first-order valence-electron chi connectivity index (χ1n) is 3.53. The second-order valence-corrected chi connectivity index (χ2v) is 2.55. The van der Waals surface area contributed by atoms with Crippen molar-refractivity contribution in [2.75, 3.05) is 0 Å². The van der Waals surface area contributed by atoms with Gasteiger partial charge in [-0.25, -0.2) is 0 Å². The van der Waals surface area contributed by atoms with E-state index in [0.29, 0.717) is 12.4 Å². The lowest BCUT2D eigenvalue weighted by Gasteiger charge is -2.02. The molecule has 0 saturated heterocycles. The van der Waals surface area contributed by atoms with Crippen molar-refractivity contribution in [3.05, 3.63) is 5.82 Å². The van der Waals surface area contributed by atoms with Crippen LogP contribution in [0.15, 0.2) is 0 Å². The first-order chi connectivity index (χ1) is 5.18. The molecule has 0 amide bonds. The minimum absolute atomic E-state index is 0.207. The van der Waals surface area contributed by atoms with Crippen LogP contribution in [0.3, 0.4) is 0 Å². The molecule has 0 atom stereocenters. The largest absolute Gasteiger partial charge is 0.371 e. The highest BCUT2D eigenvalue weighted by molar-refractivity contribution is 4.71. The van der Waals surface area contributed by atoms with Gasteiger partial charge in [-0.1, -0.05) is 0 Å². The van der Waals surface area contributed by atoms with E-state index in [9.17, 15) is 0 Å². The first kappa shape index (κ1) is 8.13. The van der Waals surface area contributed by atoms with E-state index in [1.807, 2.05) is 13.8 Å². The number of ether oxygens (including phenoxy) is 1. The van der Waals surface area contributed by atoms with E-state index in [1.165, 1.54) is 4.80 Å². The molecule has 0 aromatic carbocycles. The van der Waals surface area contributed by atoms with Gasteiger partial charge in [0.05, 0.1) is 13.2 Å². The predicted molar refractivity (Wildman–Crippen MR) is 38.7 cm³/mol. The fourth-order valence-corrected chi connectivity index (χ4v) is 0.622. The van der Waals surface area contributed by atoms with Gasteiger partial charge in [0.15, 0.2) is 5.82 Å². The molecule has 0 fully saturated rings. The van der Waals surface area contributed by atoms with Gasteiger partial charge in [-0.05, 0) is 19.1 Å². The summed E-state index contributed by atoms with van der Waals surface area (Å²) in [4.78, 5) is 1.42. The third-order valence-electron chi connectivity index (χ3n) is 1.10. The summed E-state index contributed by atoms with van der Waals surface area (Å²) in [6.07, 6.45) is 0.207. The van der Waals surface area contributed by atoms with Crippen LogP contribution in [0.2, 0.25) is 0 Å². The summed E-state index contributed by atoms with van der Waals surface area (Å²) < 4.78 is 5.26. The molecule has 0 saturated carbocycles. The highest BCUT2D eigenvalue weighted by Gasteiger charge is 2.00. The maximum atomic E-state index is 5.26. The maximum absolute atomic E-state index is 5.26. The second kappa shape index (κ2) is 3.43. The van der Waals surface area contributed by atoms with Crippen LogP contribution < -0.4 is 0 Å². The molecule has 11 heavy (non-hydrogen) atoms. The van der Waals surface area contributed by atoms with Gasteiger partial charge in [0.1, 0.15) is 6.61 Å². The van der Waals surface area contributed by atoms with Crippen LogP contribution in [-0.2, 0) is 18.4 Å². The van der Waals surface area contributed by atoms with Crippen molar-refractivity contribution in [3.63, 3.8) is 0 Å². The molecule has 1 heterocycles. The van der Waals surface area contributed by atoms with Crippen LogP contribution in [0.25, 0.3) is 0 Å². The van der Waals surface area contributed by atoms with Crippen LogP contribution in [0.1, 0.15) is 19.7 Å². The lowest BCUT2D eigenvalue weighted by atomic mass is 10.5. The lowest BCUT2D eigenvalue weighted by Crippen LogP contribution is -2.03. The van der Waals surface area contributed by atoms with Gasteiger partial charge in [-0.3, -0.25) is 0 Å². The number of aromatic nitrogens is 4. The molecule has 1 aromatic rings. The monoisotopic (exact) mass is 156 g/mol. The predicted octanol–water partition coefficient (Wildman–Crippen LogP) is 0.135. The summed E-state index contributed by atoms with van der Waals surface area (Å²) in [7, 11) is 1.73. The SMILES string of the molecule is CC(C)OCc1nnn(C)n1. The molecule has 0 N–H and O–H groups in total. The zero-order chi connectivity index (χ0) is 8.27. The van der Waals surface area contributed by atoms with E-state index in [4.69, 9.17) is 4.74 Å². The van der Waals surface area contributed by atoms with Crippen LogP contribution >= 0.6 is 0 Å². The Morgan fingerprint density at radius 2 is 2.27 bits per heavy atom. The molecule has 62 valence electrons. The third kappa shape index (κ3) is 2.63. The molecule has 0 spiro atoms. The molecular weight excluding hydrogens is 144 g/mol. The number of hydrogen-bond acceptors (Lipinski definition) is 4. The van der Waals surface area contributed by atoms with E-state index >= 15 is 0 Å². The van der Waals surface area contributed by atoms with E-state index in [2.05, 4.69) is 15.4 Å². The fraction of sp³-hybridized carbons (Fsp3) is 0.833. The Kier molecular flexibility index (Phi) is 2.53. The molecule has 0 aliphatic heterocycles. The molecule has 0 aliphatic carbocycles. The lowest BCUT2D eigenvalue weighted by molar-refractivity contribution is 0.0611. The Balaban J connectivity index is 2.39. The van der Waals surface area contributed by atoms with Gasteiger partial charge in [0.2, 0.25) is 0 Å². The van der Waals surface area contributed by atoms with Gasteiger partial charge < -0.3 is 4.74 Å². The van der Waals surface area contributed by atoms with E-state index < -0.39 is 0 Å². The smallest absolute Gasteiger partial charge is 0.200 e. The second-order valence-electron chi connectivity index (χ2n) is 2.55. The highest BCUT2D eigenvalue weighted by Crippen LogP contribution is 1.94. The standard InChI is InChI=1S/C6H12N4O/c1-5(2)11-4-6-7-9-10(3)8-6/h5H,4H2,1-3H3. The highest BCUT2D eigenvalue weighted by atomic mass is 16.5. The molecule has 1 rings (SSSR count). The number of nitrogens with zero attached hydrogens (tertiary/aromatic N) is 4. The third-order valence-corrected chi connectivity index (χ3v) is 1.10. The van der Waals surface area contributed by atoms with Crippen molar-refractivity contribution < 1.29 is 4.74 Å². The Morgan fingerprint density at radius 3 is 2.73 bits per heavy atom. The van der Waals surface area contributed by atoms with E-state index in [-0.39, 0.29) is 6.10 Å². The van der Waals surface area contributed by atoms with Gasteiger partial charge in [0, 0.05) is 0 Å². The Hall–Kier alpha value is -0.970. The summed E-state index contributed by atoms with van der Waals surface area (Å²) in [6.45, 7) is 4.37. The molecule has 0 radical (unpaired) electrons. The number of hydrogen-bond donors (Lipinski definition) is 0. The van der Waals surface area contributed by atoms with Gasteiger partial charge >= 0.3 is 0 Å². The Labute approximate surface area is 65.4 Å². The van der Waals surface area contributed by atoms with Crippen molar-refractivity contribution in [2.24, 2.45) is 7.05 Å². The van der Waals surface area contributed by atoms with Gasteiger partial charge in [0.25, 0.3) is 0 Å². The topological polar surface area (TPSA) is 52.8 Å². The molecule has 1 aromatic heterocycles. The summed E-state index contributed by atoms with van der Waals surface area (Å²) in [5.74, 6) is 0.626. The Morgan fingerprint density at radius 1 is 1.55 bits per heavy atom. The summed E-state index contributed by atoms with van der Waals surface area (Å²) in [5, 5.41) is 11.4. The zero-order valence-corrected chi connectivity index (χ0v) is 6.98. The van der Waals surface area contributed by atoms with Gasteiger partial charge in [-0.15, -0.1) is 10.2 Å². The Bertz CT molecular complexity index is 220. The molecule has 0 unspecified atom stereocenters. The van der Waals surface area contributed by atoms with Crippen molar-refractivity contribution in [2.45, 2.75) is 26.6 Å². The van der Waals surface area contributed by atoms with Gasteiger partial charge in [-0.2, -0.15) is 4.80 Å². The van der Waals surface area contributed by atoms with Crippen LogP contribution in [-0.4, -0.2) is 26.3 Å². The van der Waals surface area contributed by atoms with E-state index in [0.717, 1.165) is 0 Å². The molecular formula is C6H12N4O. The van der Waals surface area contributed by atoms with E-state index in [1.54, 1.807) is 7.05 Å². The van der Waals surface area contributed by atoms with Crippen molar-refractivity contribution >= 4 is 0 Å². The first-order valence-corrected chi connectivity index (χ1v) is 3.53. The fourth-order valence-electron chi connectivity index (χ4n) is 0.622. The van der Waals surface area contributed by atoms with Crippen LogP contribution in [0, 0.1) is 0 Å². The summed E-state index contributed by atoms with van der Waals surface area (Å²) >= 11 is 0. The summed E-state index contributed by atoms with van der Waals surface area (Å²) in [6, 6.07) is 0. The summed E-state index contributed by atoms with van der Waals surface area (Å²) in [5.41, 5.74) is 0. The minimum Gasteiger partial charge on any atom is -0.371 e. The number of aryl methyl sites for hydroxylation is 1. The number of tetrazole rings is 1. The molecule has 5 heteroatoms. The normalized spacial score (nSPS) is 10.9. The minimum atomic E-state index is 0.207. The maximum Gasteiger partial charge on any atom is 0.200 e. The van der Waals surface area contributed by atoms with Crippen molar-refractivity contribution in [3.8, 4) is 0 Å². The molecule has 5 nitrogen and oxygen atoms in total. The zero-order valence-electron chi connectivity index (χ0n) is 6.98. The average molecular weight is 156 g/mol. The quantitative estimate of drug-likeness (QED) is 0.624. The average Bonchev–Trinajstić information content (AvgIpc) is 2.31.